The number of carboxylic acids is 1. The minimum atomic E-state index is -1.06. The lowest BCUT2D eigenvalue weighted by Crippen LogP contribution is -2.42. The number of aliphatic carboxylic acids is 1. The number of nitrogens with zero attached hydrogens (tertiary/aromatic N) is 1. The number of nitrogens with one attached hydrogen (secondary N) is 1. The topological polar surface area (TPSA) is 86.7 Å². The van der Waals surface area contributed by atoms with E-state index >= 15 is 0 Å². The Labute approximate surface area is 173 Å². The summed E-state index contributed by atoms with van der Waals surface area (Å²) in [6, 6.07) is 8.79. The standard InChI is InChI=1S/C20H22N2O4S2/c1-2-7-15(19(25)26)21-17(23)12-13-22-18(24)16(28-20(22)27)11-6-10-14-8-4-3-5-9-14/h3-6,8-11,15H,2,7,12-13H2,1H3,(H,21,23)(H,25,26)/b10-6+,16-11+/t15-/m1/s1. The monoisotopic (exact) mass is 418 g/mol. The van der Waals surface area contributed by atoms with Crippen LogP contribution in [0.4, 0.5) is 0 Å². The Bertz CT molecular complexity index is 806. The molecule has 6 nitrogen and oxygen atoms in total. The minimum absolute atomic E-state index is 0.00688. The molecule has 1 aromatic rings. The molecule has 0 saturated carbocycles. The molecular formula is C20H22N2O4S2. The van der Waals surface area contributed by atoms with Gasteiger partial charge in [-0.05, 0) is 18.1 Å². The van der Waals surface area contributed by atoms with Gasteiger partial charge in [0.05, 0.1) is 4.91 Å². The van der Waals surface area contributed by atoms with E-state index < -0.39 is 17.9 Å². The molecule has 0 aliphatic carbocycles. The van der Waals surface area contributed by atoms with E-state index in [0.717, 1.165) is 5.56 Å². The van der Waals surface area contributed by atoms with Crippen LogP contribution >= 0.6 is 24.0 Å². The first kappa shape index (κ1) is 21.8. The van der Waals surface area contributed by atoms with Crippen LogP contribution in [0.2, 0.25) is 0 Å². The number of carbonyl (C=O) groups excluding carboxylic acids is 2. The normalized spacial score (nSPS) is 16.8. The van der Waals surface area contributed by atoms with Crippen molar-refractivity contribution in [3.63, 3.8) is 0 Å². The Morgan fingerprint density at radius 1 is 1.32 bits per heavy atom. The zero-order valence-electron chi connectivity index (χ0n) is 15.5. The van der Waals surface area contributed by atoms with Crippen LogP contribution in [0.25, 0.3) is 6.08 Å². The highest BCUT2D eigenvalue weighted by molar-refractivity contribution is 8.26. The molecule has 2 N–H and O–H groups in total. The van der Waals surface area contributed by atoms with E-state index in [9.17, 15) is 14.4 Å². The third-order valence-corrected chi connectivity index (χ3v) is 5.38. The molecule has 148 valence electrons. The predicted molar refractivity (Wildman–Crippen MR) is 115 cm³/mol. The van der Waals surface area contributed by atoms with E-state index in [1.807, 2.05) is 43.3 Å². The lowest BCUT2D eigenvalue weighted by atomic mass is 10.1. The first-order valence-corrected chi connectivity index (χ1v) is 10.1. The molecule has 2 rings (SSSR count). The van der Waals surface area contributed by atoms with Gasteiger partial charge in [-0.3, -0.25) is 14.5 Å². The number of hydrogen-bond acceptors (Lipinski definition) is 5. The van der Waals surface area contributed by atoms with Crippen molar-refractivity contribution in [2.45, 2.75) is 32.2 Å². The molecule has 1 aromatic carbocycles. The van der Waals surface area contributed by atoms with Crippen LogP contribution in [0.3, 0.4) is 0 Å². The fourth-order valence-electron chi connectivity index (χ4n) is 2.54. The Morgan fingerprint density at radius 3 is 2.68 bits per heavy atom. The Morgan fingerprint density at radius 2 is 2.04 bits per heavy atom. The zero-order valence-corrected chi connectivity index (χ0v) is 17.1. The minimum Gasteiger partial charge on any atom is -0.480 e. The summed E-state index contributed by atoms with van der Waals surface area (Å²) in [4.78, 5) is 37.5. The lowest BCUT2D eigenvalue weighted by molar-refractivity contribution is -0.142. The molecule has 8 heteroatoms. The zero-order chi connectivity index (χ0) is 20.5. The van der Waals surface area contributed by atoms with Crippen LogP contribution in [-0.4, -0.2) is 44.7 Å². The molecule has 1 fully saturated rings. The maximum Gasteiger partial charge on any atom is 0.326 e. The van der Waals surface area contributed by atoms with E-state index in [2.05, 4.69) is 5.32 Å². The van der Waals surface area contributed by atoms with Crippen molar-refractivity contribution in [3.05, 3.63) is 53.0 Å². The van der Waals surface area contributed by atoms with E-state index in [1.54, 1.807) is 12.2 Å². The highest BCUT2D eigenvalue weighted by Crippen LogP contribution is 2.31. The third kappa shape index (κ3) is 6.31. The van der Waals surface area contributed by atoms with Gasteiger partial charge in [-0.1, -0.05) is 79.8 Å². The quantitative estimate of drug-likeness (QED) is 0.473. The molecule has 2 amide bonds. The van der Waals surface area contributed by atoms with Gasteiger partial charge in [0, 0.05) is 13.0 Å². The molecule has 1 saturated heterocycles. The Hall–Kier alpha value is -2.45. The first-order chi connectivity index (χ1) is 13.4. The van der Waals surface area contributed by atoms with Crippen molar-refractivity contribution >= 4 is 52.2 Å². The van der Waals surface area contributed by atoms with Crippen molar-refractivity contribution in [2.75, 3.05) is 6.54 Å². The number of thioether (sulfide) groups is 1. The van der Waals surface area contributed by atoms with Gasteiger partial charge >= 0.3 is 5.97 Å². The van der Waals surface area contributed by atoms with Crippen molar-refractivity contribution < 1.29 is 19.5 Å². The van der Waals surface area contributed by atoms with Crippen LogP contribution in [0.15, 0.2) is 47.4 Å². The van der Waals surface area contributed by atoms with Gasteiger partial charge < -0.3 is 10.4 Å². The van der Waals surface area contributed by atoms with Crippen LogP contribution in [0, 0.1) is 0 Å². The van der Waals surface area contributed by atoms with E-state index in [1.165, 1.54) is 16.7 Å². The summed E-state index contributed by atoms with van der Waals surface area (Å²) in [5.74, 6) is -1.72. The number of hydrogen-bond donors (Lipinski definition) is 2. The van der Waals surface area contributed by atoms with Gasteiger partial charge in [0.1, 0.15) is 10.4 Å². The molecular weight excluding hydrogens is 396 g/mol. The van der Waals surface area contributed by atoms with Crippen LogP contribution in [0.5, 0.6) is 0 Å². The molecule has 0 radical (unpaired) electrons. The summed E-state index contributed by atoms with van der Waals surface area (Å²) in [5.41, 5.74) is 1.02. The fraction of sp³-hybridized carbons (Fsp3) is 0.300. The average Bonchev–Trinajstić information content (AvgIpc) is 2.93. The van der Waals surface area contributed by atoms with Gasteiger partial charge in [0.15, 0.2) is 0 Å². The molecule has 0 unspecified atom stereocenters. The summed E-state index contributed by atoms with van der Waals surface area (Å²) in [7, 11) is 0. The summed E-state index contributed by atoms with van der Waals surface area (Å²) >= 11 is 6.43. The molecule has 0 aromatic heterocycles. The predicted octanol–water partition coefficient (Wildman–Crippen LogP) is 3.20. The molecule has 0 spiro atoms. The number of rotatable bonds is 9. The number of carbonyl (C=O) groups is 3. The van der Waals surface area contributed by atoms with Gasteiger partial charge in [0.2, 0.25) is 5.91 Å². The largest absolute Gasteiger partial charge is 0.480 e. The summed E-state index contributed by atoms with van der Waals surface area (Å²) in [6.07, 6.45) is 6.38. The van der Waals surface area contributed by atoms with Crippen molar-refractivity contribution in [2.24, 2.45) is 0 Å². The summed E-state index contributed by atoms with van der Waals surface area (Å²) in [6.45, 7) is 1.97. The van der Waals surface area contributed by atoms with Crippen molar-refractivity contribution in [1.29, 1.82) is 0 Å². The van der Waals surface area contributed by atoms with Gasteiger partial charge in [-0.15, -0.1) is 0 Å². The van der Waals surface area contributed by atoms with Crippen molar-refractivity contribution in [1.82, 2.24) is 10.2 Å². The summed E-state index contributed by atoms with van der Waals surface area (Å²) < 4.78 is 0.389. The van der Waals surface area contributed by atoms with E-state index in [4.69, 9.17) is 17.3 Å². The average molecular weight is 419 g/mol. The highest BCUT2D eigenvalue weighted by Gasteiger charge is 2.32. The molecule has 28 heavy (non-hydrogen) atoms. The second-order valence-electron chi connectivity index (χ2n) is 6.12. The molecule has 1 aliphatic heterocycles. The van der Waals surface area contributed by atoms with Gasteiger partial charge in [-0.2, -0.15) is 0 Å². The smallest absolute Gasteiger partial charge is 0.326 e. The molecule has 0 bridgehead atoms. The number of amides is 2. The van der Waals surface area contributed by atoms with Crippen molar-refractivity contribution in [3.8, 4) is 0 Å². The molecule has 1 atom stereocenters. The lowest BCUT2D eigenvalue weighted by Gasteiger charge is -2.16. The molecule has 1 heterocycles. The SMILES string of the molecule is CCC[C@@H](NC(=O)CCN1C(=O)/C(=C\C=C\c2ccccc2)SC1=S)C(=O)O. The highest BCUT2D eigenvalue weighted by atomic mass is 32.2. The number of benzene rings is 1. The van der Waals surface area contributed by atoms with E-state index in [0.29, 0.717) is 22.1 Å². The van der Waals surface area contributed by atoms with Crippen LogP contribution in [-0.2, 0) is 14.4 Å². The third-order valence-electron chi connectivity index (χ3n) is 3.98. The number of allylic oxidation sites excluding steroid dienone is 2. The summed E-state index contributed by atoms with van der Waals surface area (Å²) in [5, 5.41) is 11.6. The molecule has 1 aliphatic rings. The van der Waals surface area contributed by atoms with Crippen LogP contribution in [0.1, 0.15) is 31.7 Å². The van der Waals surface area contributed by atoms with Gasteiger partial charge in [-0.25, -0.2) is 4.79 Å². The first-order valence-electron chi connectivity index (χ1n) is 8.91. The Kier molecular flexibility index (Phi) is 8.41. The number of thiocarbonyl (C=S) groups is 1. The Balaban J connectivity index is 1.91. The number of carboxylic acid groups (broad SMARTS) is 1. The van der Waals surface area contributed by atoms with Gasteiger partial charge in [0.25, 0.3) is 5.91 Å². The second-order valence-corrected chi connectivity index (χ2v) is 7.80. The maximum absolute atomic E-state index is 12.5. The second kappa shape index (κ2) is 10.8. The maximum atomic E-state index is 12.5. The van der Waals surface area contributed by atoms with Crippen LogP contribution < -0.4 is 5.32 Å². The fourth-order valence-corrected chi connectivity index (χ4v) is 3.80. The van der Waals surface area contributed by atoms with E-state index in [-0.39, 0.29) is 18.9 Å².